The van der Waals surface area contributed by atoms with Crippen LogP contribution >= 0.6 is 0 Å². The van der Waals surface area contributed by atoms with Crippen molar-refractivity contribution in [3.8, 4) is 0 Å². The first-order chi connectivity index (χ1) is 7.34. The number of aliphatic hydroxyl groups is 1. The summed E-state index contributed by atoms with van der Waals surface area (Å²) in [5, 5.41) is 7.00. The maximum atomic E-state index is 7.00. The monoisotopic (exact) mass is 217 g/mol. The molecule has 2 heteroatoms. The summed E-state index contributed by atoms with van der Waals surface area (Å²) in [6.07, 6.45) is 10.3. The zero-order valence-corrected chi connectivity index (χ0v) is 11.1. The molecule has 1 aliphatic rings. The molecule has 1 fully saturated rings. The summed E-state index contributed by atoms with van der Waals surface area (Å²) in [7, 11) is 2.50. The van der Waals surface area contributed by atoms with Gasteiger partial charge in [-0.15, -0.1) is 0 Å². The molecular formula is C13H31NO. The lowest BCUT2D eigenvalue weighted by atomic mass is 9.78. The van der Waals surface area contributed by atoms with Crippen LogP contribution in [-0.4, -0.2) is 19.3 Å². The van der Waals surface area contributed by atoms with Crippen molar-refractivity contribution in [3.63, 3.8) is 0 Å². The third kappa shape index (κ3) is 8.88. The van der Waals surface area contributed by atoms with E-state index in [4.69, 9.17) is 5.11 Å². The number of nitrogens with two attached hydrogens (primary N) is 1. The van der Waals surface area contributed by atoms with Crippen molar-refractivity contribution in [1.82, 2.24) is 0 Å². The van der Waals surface area contributed by atoms with Gasteiger partial charge in [0.2, 0.25) is 0 Å². The van der Waals surface area contributed by atoms with E-state index in [1.165, 1.54) is 52.0 Å². The molecule has 0 heterocycles. The lowest BCUT2D eigenvalue weighted by molar-refractivity contribution is 0.237. The van der Waals surface area contributed by atoms with Crippen molar-refractivity contribution in [2.75, 3.05) is 14.2 Å². The molecule has 1 rings (SSSR count). The summed E-state index contributed by atoms with van der Waals surface area (Å²) >= 11 is 0. The standard InChI is InChI=1S/C11H22.CH5N.CH4O/c1-3-4-8-11-9-6-5-7-10(11)2;2*1-2/h10-11H,3-9H2,1-2H3;2H2,1H3;2H,1H3. The van der Waals surface area contributed by atoms with E-state index in [0.717, 1.165) is 18.9 Å². The lowest BCUT2D eigenvalue weighted by Crippen LogP contribution is -2.16. The number of hydrogen-bond donors (Lipinski definition) is 2. The van der Waals surface area contributed by atoms with Crippen LogP contribution in [0.3, 0.4) is 0 Å². The summed E-state index contributed by atoms with van der Waals surface area (Å²) < 4.78 is 0. The Hall–Kier alpha value is -0.0800. The Kier molecular flexibility index (Phi) is 16.1. The molecule has 0 radical (unpaired) electrons. The number of rotatable bonds is 3. The van der Waals surface area contributed by atoms with Gasteiger partial charge in [-0.05, 0) is 18.9 Å². The summed E-state index contributed by atoms with van der Waals surface area (Å²) in [4.78, 5) is 0. The minimum atomic E-state index is 1.00. The molecule has 0 saturated heterocycles. The van der Waals surface area contributed by atoms with Crippen LogP contribution in [0.5, 0.6) is 0 Å². The Balaban J connectivity index is 0. The van der Waals surface area contributed by atoms with Crippen LogP contribution in [-0.2, 0) is 0 Å². The summed E-state index contributed by atoms with van der Waals surface area (Å²) in [6.45, 7) is 4.74. The van der Waals surface area contributed by atoms with Gasteiger partial charge in [0.25, 0.3) is 0 Å². The zero-order valence-electron chi connectivity index (χ0n) is 11.1. The van der Waals surface area contributed by atoms with Crippen LogP contribution in [0.2, 0.25) is 0 Å². The number of aliphatic hydroxyl groups excluding tert-OH is 1. The molecule has 2 nitrogen and oxygen atoms in total. The fourth-order valence-corrected chi connectivity index (χ4v) is 2.29. The molecule has 1 aliphatic carbocycles. The van der Waals surface area contributed by atoms with E-state index in [0.29, 0.717) is 0 Å². The van der Waals surface area contributed by atoms with Gasteiger partial charge >= 0.3 is 0 Å². The van der Waals surface area contributed by atoms with Crippen molar-refractivity contribution < 1.29 is 5.11 Å². The third-order valence-corrected chi connectivity index (χ3v) is 3.22. The van der Waals surface area contributed by atoms with Crippen LogP contribution < -0.4 is 5.73 Å². The maximum absolute atomic E-state index is 7.00. The molecule has 2 unspecified atom stereocenters. The van der Waals surface area contributed by atoms with Gasteiger partial charge in [0.1, 0.15) is 0 Å². The second-order valence-electron chi connectivity index (χ2n) is 4.16. The highest BCUT2D eigenvalue weighted by atomic mass is 16.2. The van der Waals surface area contributed by atoms with E-state index >= 15 is 0 Å². The van der Waals surface area contributed by atoms with Gasteiger partial charge in [0, 0.05) is 7.11 Å². The van der Waals surface area contributed by atoms with E-state index in [1.807, 2.05) is 0 Å². The Labute approximate surface area is 96.3 Å². The van der Waals surface area contributed by atoms with Gasteiger partial charge in [-0.1, -0.05) is 58.8 Å². The van der Waals surface area contributed by atoms with Crippen molar-refractivity contribution in [1.29, 1.82) is 0 Å². The van der Waals surface area contributed by atoms with Gasteiger partial charge in [-0.25, -0.2) is 0 Å². The summed E-state index contributed by atoms with van der Waals surface area (Å²) in [6, 6.07) is 0. The minimum Gasteiger partial charge on any atom is -0.400 e. The van der Waals surface area contributed by atoms with E-state index in [1.54, 1.807) is 0 Å². The van der Waals surface area contributed by atoms with Crippen molar-refractivity contribution in [2.45, 2.75) is 58.8 Å². The number of hydrogen-bond acceptors (Lipinski definition) is 2. The molecule has 0 aromatic rings. The highest BCUT2D eigenvalue weighted by molar-refractivity contribution is 4.71. The summed E-state index contributed by atoms with van der Waals surface area (Å²) in [5.41, 5.74) is 4.50. The van der Waals surface area contributed by atoms with Gasteiger partial charge < -0.3 is 10.8 Å². The van der Waals surface area contributed by atoms with Crippen molar-refractivity contribution in [3.05, 3.63) is 0 Å². The van der Waals surface area contributed by atoms with E-state index < -0.39 is 0 Å². The molecule has 0 bridgehead atoms. The molecule has 1 saturated carbocycles. The zero-order chi connectivity index (χ0) is 12.1. The Morgan fingerprint density at radius 2 is 1.67 bits per heavy atom. The molecule has 3 N–H and O–H groups in total. The first-order valence-corrected chi connectivity index (χ1v) is 6.37. The highest BCUT2D eigenvalue weighted by Crippen LogP contribution is 2.32. The Morgan fingerprint density at radius 3 is 2.13 bits per heavy atom. The average molecular weight is 217 g/mol. The van der Waals surface area contributed by atoms with Gasteiger partial charge in [-0.2, -0.15) is 0 Å². The van der Waals surface area contributed by atoms with Crippen LogP contribution in [0.1, 0.15) is 58.8 Å². The first-order valence-electron chi connectivity index (χ1n) is 6.37. The Bertz CT molecular complexity index is 107. The molecule has 94 valence electrons. The molecule has 15 heavy (non-hydrogen) atoms. The van der Waals surface area contributed by atoms with Crippen molar-refractivity contribution >= 4 is 0 Å². The van der Waals surface area contributed by atoms with Gasteiger partial charge in [0.05, 0.1) is 0 Å². The van der Waals surface area contributed by atoms with Crippen LogP contribution in [0.25, 0.3) is 0 Å². The van der Waals surface area contributed by atoms with Crippen LogP contribution in [0.4, 0.5) is 0 Å². The van der Waals surface area contributed by atoms with Gasteiger partial charge in [-0.3, -0.25) is 0 Å². The Morgan fingerprint density at radius 1 is 1.13 bits per heavy atom. The normalized spacial score (nSPS) is 24.4. The van der Waals surface area contributed by atoms with Gasteiger partial charge in [0.15, 0.2) is 0 Å². The average Bonchev–Trinajstić information content (AvgIpc) is 2.33. The molecule has 0 spiro atoms. The fraction of sp³-hybridized carbons (Fsp3) is 1.00. The molecule has 0 aromatic carbocycles. The smallest absolute Gasteiger partial charge is 0.0319 e. The largest absolute Gasteiger partial charge is 0.400 e. The minimum absolute atomic E-state index is 1.00. The second-order valence-corrected chi connectivity index (χ2v) is 4.16. The molecule has 0 amide bonds. The molecular weight excluding hydrogens is 186 g/mol. The highest BCUT2D eigenvalue weighted by Gasteiger charge is 2.19. The van der Waals surface area contributed by atoms with E-state index in [2.05, 4.69) is 19.6 Å². The fourth-order valence-electron chi connectivity index (χ4n) is 2.29. The molecule has 0 aromatic heterocycles. The second kappa shape index (κ2) is 13.9. The molecule has 0 aliphatic heterocycles. The lowest BCUT2D eigenvalue weighted by Gasteiger charge is -2.28. The predicted octanol–water partition coefficient (Wildman–Crippen LogP) is 3.19. The quantitative estimate of drug-likeness (QED) is 0.762. The predicted molar refractivity (Wildman–Crippen MR) is 68.9 cm³/mol. The van der Waals surface area contributed by atoms with Crippen LogP contribution in [0.15, 0.2) is 0 Å². The topological polar surface area (TPSA) is 46.2 Å². The molecule has 2 atom stereocenters. The van der Waals surface area contributed by atoms with Crippen molar-refractivity contribution in [2.24, 2.45) is 17.6 Å². The van der Waals surface area contributed by atoms with Crippen LogP contribution in [0, 0.1) is 11.8 Å². The number of unbranched alkanes of at least 4 members (excludes halogenated alkanes) is 1. The first kappa shape index (κ1) is 17.3. The third-order valence-electron chi connectivity index (χ3n) is 3.22. The van der Waals surface area contributed by atoms with E-state index in [9.17, 15) is 0 Å². The summed E-state index contributed by atoms with van der Waals surface area (Å²) in [5.74, 6) is 2.10. The van der Waals surface area contributed by atoms with E-state index in [-0.39, 0.29) is 0 Å². The maximum Gasteiger partial charge on any atom is 0.0319 e. The SMILES string of the molecule is CCCCC1CCCCC1C.CN.CO.